The Balaban J connectivity index is 2.05. The van der Waals surface area contributed by atoms with Crippen LogP contribution in [0.3, 0.4) is 0 Å². The van der Waals surface area contributed by atoms with Crippen molar-refractivity contribution in [3.05, 3.63) is 29.6 Å². The van der Waals surface area contributed by atoms with Gasteiger partial charge in [0.1, 0.15) is 11.4 Å². The number of nitrogens with zero attached hydrogens (tertiary/aromatic N) is 2. The summed E-state index contributed by atoms with van der Waals surface area (Å²) in [5, 5.41) is 0. The van der Waals surface area contributed by atoms with E-state index in [4.69, 9.17) is 4.74 Å². The van der Waals surface area contributed by atoms with Gasteiger partial charge in [-0.1, -0.05) is 6.07 Å². The molecule has 0 aromatic heterocycles. The molecule has 0 radical (unpaired) electrons. The fourth-order valence-electron chi connectivity index (χ4n) is 2.65. The van der Waals surface area contributed by atoms with Gasteiger partial charge in [0.05, 0.1) is 11.4 Å². The third-order valence-electron chi connectivity index (χ3n) is 3.71. The van der Waals surface area contributed by atoms with E-state index in [9.17, 15) is 17.6 Å². The van der Waals surface area contributed by atoms with Crippen LogP contribution in [0, 0.1) is 5.82 Å². The van der Waals surface area contributed by atoms with E-state index in [-0.39, 0.29) is 11.8 Å². The molecule has 1 aromatic rings. The lowest BCUT2D eigenvalue weighted by molar-refractivity contribution is 0.0240. The second-order valence-corrected chi connectivity index (χ2v) is 9.45. The minimum atomic E-state index is -3.19. The van der Waals surface area contributed by atoms with E-state index < -0.39 is 21.3 Å². The molecule has 2 rings (SSSR count). The molecule has 1 aliphatic rings. The van der Waals surface area contributed by atoms with Crippen molar-refractivity contribution in [1.29, 1.82) is 0 Å². The van der Waals surface area contributed by atoms with Crippen molar-refractivity contribution < 1.29 is 22.3 Å². The molecule has 0 atom stereocenters. The fraction of sp³-hybridized carbons (Fsp3) is 0.588. The molecule has 25 heavy (non-hydrogen) atoms. The summed E-state index contributed by atoms with van der Waals surface area (Å²) in [5.74, 6) is -0.527. The summed E-state index contributed by atoms with van der Waals surface area (Å²) in [6.07, 6.45) is 0.772. The predicted octanol–water partition coefficient (Wildman–Crippen LogP) is 2.43. The average molecular weight is 372 g/mol. The van der Waals surface area contributed by atoms with E-state index in [0.29, 0.717) is 37.4 Å². The van der Waals surface area contributed by atoms with Crippen LogP contribution in [-0.2, 0) is 20.3 Å². The molecule has 6 nitrogen and oxygen atoms in total. The highest BCUT2D eigenvalue weighted by atomic mass is 32.2. The van der Waals surface area contributed by atoms with Crippen LogP contribution in [0.2, 0.25) is 0 Å². The molecule has 0 spiro atoms. The largest absolute Gasteiger partial charge is 0.444 e. The van der Waals surface area contributed by atoms with E-state index in [1.165, 1.54) is 12.1 Å². The molecule has 0 aliphatic carbocycles. The first-order valence-corrected chi connectivity index (χ1v) is 10.2. The Labute approximate surface area is 148 Å². The topological polar surface area (TPSA) is 66.9 Å². The van der Waals surface area contributed by atoms with Gasteiger partial charge in [-0.25, -0.2) is 17.6 Å². The zero-order chi connectivity index (χ0) is 18.8. The number of rotatable bonds is 3. The van der Waals surface area contributed by atoms with Crippen molar-refractivity contribution >= 4 is 21.6 Å². The molecular weight excluding hydrogens is 347 g/mol. The Bertz CT molecular complexity index is 736. The van der Waals surface area contributed by atoms with Crippen molar-refractivity contribution in [2.75, 3.05) is 37.3 Å². The second kappa shape index (κ2) is 7.19. The number of ether oxygens (including phenoxy) is 1. The normalized spacial score (nSPS) is 16.0. The molecule has 0 saturated carbocycles. The van der Waals surface area contributed by atoms with Crippen LogP contribution < -0.4 is 4.90 Å². The first kappa shape index (κ1) is 19.5. The summed E-state index contributed by atoms with van der Waals surface area (Å²) in [7, 11) is -3.19. The molecule has 1 heterocycles. The maximum atomic E-state index is 14.2. The molecule has 1 saturated heterocycles. The Morgan fingerprint density at radius 1 is 1.20 bits per heavy atom. The van der Waals surface area contributed by atoms with Crippen LogP contribution >= 0.6 is 0 Å². The minimum Gasteiger partial charge on any atom is -0.444 e. The van der Waals surface area contributed by atoms with Crippen LogP contribution in [-0.4, -0.2) is 57.4 Å². The van der Waals surface area contributed by atoms with E-state index in [1.54, 1.807) is 11.0 Å². The third-order valence-corrected chi connectivity index (χ3v) is 4.57. The smallest absolute Gasteiger partial charge is 0.410 e. The van der Waals surface area contributed by atoms with Crippen molar-refractivity contribution in [2.24, 2.45) is 0 Å². The maximum absolute atomic E-state index is 14.2. The highest BCUT2D eigenvalue weighted by Crippen LogP contribution is 2.24. The van der Waals surface area contributed by atoms with Gasteiger partial charge in [0.25, 0.3) is 0 Å². The second-order valence-electron chi connectivity index (χ2n) is 7.31. The van der Waals surface area contributed by atoms with E-state index in [2.05, 4.69) is 0 Å². The Morgan fingerprint density at radius 2 is 1.80 bits per heavy atom. The van der Waals surface area contributed by atoms with Gasteiger partial charge in [-0.2, -0.15) is 0 Å². The monoisotopic (exact) mass is 372 g/mol. The SMILES string of the molecule is CC(C)(C)OC(=O)N1CCN(c2cc(CS(C)(=O)=O)ccc2F)CC1. The first-order valence-electron chi connectivity index (χ1n) is 8.14. The third kappa shape index (κ3) is 5.88. The highest BCUT2D eigenvalue weighted by Gasteiger charge is 2.27. The summed E-state index contributed by atoms with van der Waals surface area (Å²) < 4.78 is 42.4. The zero-order valence-corrected chi connectivity index (χ0v) is 15.9. The number of carbonyl (C=O) groups is 1. The molecule has 140 valence electrons. The van der Waals surface area contributed by atoms with E-state index >= 15 is 0 Å². The molecule has 0 N–H and O–H groups in total. The van der Waals surface area contributed by atoms with Crippen LogP contribution in [0.4, 0.5) is 14.9 Å². The van der Waals surface area contributed by atoms with Gasteiger partial charge in [-0.3, -0.25) is 0 Å². The standard InChI is InChI=1S/C17H25FN2O4S/c1-17(2,3)24-16(21)20-9-7-19(8-10-20)15-11-13(5-6-14(15)18)12-25(4,22)23/h5-6,11H,7-10,12H2,1-4H3. The van der Waals surface area contributed by atoms with Crippen LogP contribution in [0.1, 0.15) is 26.3 Å². The van der Waals surface area contributed by atoms with Gasteiger partial charge in [-0.15, -0.1) is 0 Å². The lowest BCUT2D eigenvalue weighted by Gasteiger charge is -2.37. The lowest BCUT2D eigenvalue weighted by Crippen LogP contribution is -2.50. The number of carbonyl (C=O) groups excluding carboxylic acids is 1. The number of benzene rings is 1. The quantitative estimate of drug-likeness (QED) is 0.815. The Hall–Kier alpha value is -1.83. The van der Waals surface area contributed by atoms with Crippen LogP contribution in [0.25, 0.3) is 0 Å². The fourth-order valence-corrected chi connectivity index (χ4v) is 3.43. The molecule has 1 aliphatic heterocycles. The molecule has 1 fully saturated rings. The van der Waals surface area contributed by atoms with Gasteiger partial charge < -0.3 is 14.5 Å². The highest BCUT2D eigenvalue weighted by molar-refractivity contribution is 7.89. The molecule has 0 bridgehead atoms. The van der Waals surface area contributed by atoms with Crippen LogP contribution in [0.15, 0.2) is 18.2 Å². The average Bonchev–Trinajstić information content (AvgIpc) is 2.46. The molecule has 8 heteroatoms. The molecule has 1 aromatic carbocycles. The molecular formula is C17H25FN2O4S. The Morgan fingerprint density at radius 3 is 2.32 bits per heavy atom. The van der Waals surface area contributed by atoms with Gasteiger partial charge in [0.15, 0.2) is 9.84 Å². The number of piperazine rings is 1. The van der Waals surface area contributed by atoms with Crippen LogP contribution in [0.5, 0.6) is 0 Å². The Kier molecular flexibility index (Phi) is 5.61. The summed E-state index contributed by atoms with van der Waals surface area (Å²) >= 11 is 0. The first-order chi connectivity index (χ1) is 11.4. The summed E-state index contributed by atoms with van der Waals surface area (Å²) in [5.41, 5.74) is 0.360. The summed E-state index contributed by atoms with van der Waals surface area (Å²) in [4.78, 5) is 15.5. The molecule has 0 unspecified atom stereocenters. The summed E-state index contributed by atoms with van der Waals surface area (Å²) in [6.45, 7) is 7.18. The number of sulfone groups is 1. The van der Waals surface area contributed by atoms with Gasteiger partial charge in [0, 0.05) is 32.4 Å². The van der Waals surface area contributed by atoms with Gasteiger partial charge in [0.2, 0.25) is 0 Å². The minimum absolute atomic E-state index is 0.127. The number of anilines is 1. The number of hydrogen-bond donors (Lipinski definition) is 0. The molecule has 1 amide bonds. The van der Waals surface area contributed by atoms with Crippen molar-refractivity contribution in [1.82, 2.24) is 4.90 Å². The van der Waals surface area contributed by atoms with Crippen molar-refractivity contribution in [3.63, 3.8) is 0 Å². The van der Waals surface area contributed by atoms with E-state index in [1.807, 2.05) is 25.7 Å². The number of halogens is 1. The maximum Gasteiger partial charge on any atom is 0.410 e. The summed E-state index contributed by atoms with van der Waals surface area (Å²) in [6, 6.07) is 4.34. The predicted molar refractivity (Wildman–Crippen MR) is 95.0 cm³/mol. The number of amides is 1. The van der Waals surface area contributed by atoms with Gasteiger partial charge >= 0.3 is 6.09 Å². The van der Waals surface area contributed by atoms with E-state index in [0.717, 1.165) is 6.26 Å². The van der Waals surface area contributed by atoms with Crippen molar-refractivity contribution in [2.45, 2.75) is 32.1 Å². The number of hydrogen-bond acceptors (Lipinski definition) is 5. The zero-order valence-electron chi connectivity index (χ0n) is 15.1. The van der Waals surface area contributed by atoms with Gasteiger partial charge in [-0.05, 0) is 38.5 Å². The lowest BCUT2D eigenvalue weighted by atomic mass is 10.1. The van der Waals surface area contributed by atoms with Crippen molar-refractivity contribution in [3.8, 4) is 0 Å².